The Kier molecular flexibility index (Phi) is 5.25. The summed E-state index contributed by atoms with van der Waals surface area (Å²) in [4.78, 5) is 22.1. The van der Waals surface area contributed by atoms with Crippen molar-refractivity contribution < 1.29 is 4.74 Å². The molecule has 1 aliphatic rings. The van der Waals surface area contributed by atoms with E-state index in [2.05, 4.69) is 15.3 Å². The summed E-state index contributed by atoms with van der Waals surface area (Å²) in [5, 5.41) is 4.71. The second-order valence-electron chi connectivity index (χ2n) is 7.62. The summed E-state index contributed by atoms with van der Waals surface area (Å²) in [5.74, 6) is 1.23. The molecule has 32 heavy (non-hydrogen) atoms. The Balaban J connectivity index is 1.52. The van der Waals surface area contributed by atoms with Crippen LogP contribution >= 0.6 is 23.2 Å². The number of fused-ring (bicyclic) bond motifs is 2. The largest absolute Gasteiger partial charge is 0.488 e. The molecule has 3 N–H and O–H groups in total. The predicted molar refractivity (Wildman–Crippen MR) is 127 cm³/mol. The van der Waals surface area contributed by atoms with Crippen molar-refractivity contribution in [3.05, 3.63) is 74.6 Å². The highest BCUT2D eigenvalue weighted by atomic mass is 35.5. The molecule has 2 aromatic carbocycles. The van der Waals surface area contributed by atoms with Crippen molar-refractivity contribution in [2.24, 2.45) is 12.8 Å². The Hall–Kier alpha value is -3.13. The molecule has 0 saturated carbocycles. The zero-order valence-corrected chi connectivity index (χ0v) is 18.6. The van der Waals surface area contributed by atoms with E-state index in [1.165, 1.54) is 4.57 Å². The third kappa shape index (κ3) is 3.58. The van der Waals surface area contributed by atoms with E-state index in [0.29, 0.717) is 44.7 Å². The summed E-state index contributed by atoms with van der Waals surface area (Å²) in [6.07, 6.45) is 2.44. The fourth-order valence-electron chi connectivity index (χ4n) is 3.90. The van der Waals surface area contributed by atoms with Gasteiger partial charge in [0.25, 0.3) is 5.56 Å². The van der Waals surface area contributed by atoms with Gasteiger partial charge in [0.1, 0.15) is 17.5 Å². The molecule has 0 spiro atoms. The monoisotopic (exact) mass is 467 g/mol. The molecule has 0 bridgehead atoms. The van der Waals surface area contributed by atoms with Crippen molar-refractivity contribution in [3.63, 3.8) is 0 Å². The molecule has 0 amide bonds. The molecule has 0 saturated heterocycles. The molecule has 1 aliphatic heterocycles. The average Bonchev–Trinajstić information content (AvgIpc) is 3.20. The number of anilines is 2. The molecule has 9 heteroatoms. The number of hydrogen-bond acceptors (Lipinski definition) is 6. The maximum absolute atomic E-state index is 13.1. The Morgan fingerprint density at radius 2 is 2.00 bits per heavy atom. The van der Waals surface area contributed by atoms with Crippen LogP contribution in [0.25, 0.3) is 22.2 Å². The summed E-state index contributed by atoms with van der Waals surface area (Å²) < 4.78 is 7.24. The van der Waals surface area contributed by atoms with Crippen LogP contribution in [0.2, 0.25) is 10.0 Å². The minimum absolute atomic E-state index is 0.00695. The van der Waals surface area contributed by atoms with E-state index in [1.54, 1.807) is 37.5 Å². The number of pyridine rings is 1. The van der Waals surface area contributed by atoms with Gasteiger partial charge >= 0.3 is 0 Å². The lowest BCUT2D eigenvalue weighted by atomic mass is 10.1. The minimum Gasteiger partial charge on any atom is -0.488 e. The molecule has 1 atom stereocenters. The van der Waals surface area contributed by atoms with Crippen LogP contribution in [-0.4, -0.2) is 27.2 Å². The molecular formula is C23H19Cl2N5O2. The molecule has 2 aromatic heterocycles. The van der Waals surface area contributed by atoms with Gasteiger partial charge in [-0.05, 0) is 42.0 Å². The van der Waals surface area contributed by atoms with Crippen LogP contribution in [0.1, 0.15) is 5.56 Å². The predicted octanol–water partition coefficient (Wildman–Crippen LogP) is 4.31. The summed E-state index contributed by atoms with van der Waals surface area (Å²) in [5.41, 5.74) is 8.76. The summed E-state index contributed by atoms with van der Waals surface area (Å²) >= 11 is 12.6. The van der Waals surface area contributed by atoms with Crippen molar-refractivity contribution in [1.29, 1.82) is 0 Å². The number of benzene rings is 2. The number of aromatic nitrogens is 3. The molecule has 162 valence electrons. The van der Waals surface area contributed by atoms with Crippen LogP contribution in [0.3, 0.4) is 0 Å². The first-order valence-corrected chi connectivity index (χ1v) is 10.8. The van der Waals surface area contributed by atoms with Gasteiger partial charge in [0, 0.05) is 42.8 Å². The van der Waals surface area contributed by atoms with Crippen LogP contribution in [0.15, 0.2) is 53.5 Å². The van der Waals surface area contributed by atoms with Gasteiger partial charge in [-0.1, -0.05) is 29.3 Å². The number of aryl methyl sites for hydroxylation is 1. The molecule has 0 aliphatic carbocycles. The first-order chi connectivity index (χ1) is 15.4. The fourth-order valence-corrected chi connectivity index (χ4v) is 4.50. The number of rotatable bonds is 4. The lowest BCUT2D eigenvalue weighted by molar-refractivity contribution is 0.241. The minimum atomic E-state index is -0.250. The number of nitrogens with zero attached hydrogens (tertiary/aromatic N) is 3. The van der Waals surface area contributed by atoms with Crippen LogP contribution in [0.5, 0.6) is 5.75 Å². The second kappa shape index (κ2) is 8.09. The first-order valence-electron chi connectivity index (χ1n) is 10.0. The lowest BCUT2D eigenvalue weighted by Gasteiger charge is -2.12. The summed E-state index contributed by atoms with van der Waals surface area (Å²) in [6.45, 7) is 0.473. The van der Waals surface area contributed by atoms with E-state index < -0.39 is 0 Å². The van der Waals surface area contributed by atoms with Crippen molar-refractivity contribution in [2.45, 2.75) is 12.5 Å². The number of ether oxygens (including phenoxy) is 1. The van der Waals surface area contributed by atoms with Gasteiger partial charge in [0.2, 0.25) is 5.95 Å². The molecule has 7 nitrogen and oxygen atoms in total. The second-order valence-corrected chi connectivity index (χ2v) is 8.43. The van der Waals surface area contributed by atoms with Gasteiger partial charge in [-0.3, -0.25) is 9.36 Å². The summed E-state index contributed by atoms with van der Waals surface area (Å²) in [7, 11) is 1.66. The van der Waals surface area contributed by atoms with E-state index in [-0.39, 0.29) is 11.7 Å². The first kappa shape index (κ1) is 20.8. The number of hydrogen-bond donors (Lipinski definition) is 2. The molecule has 3 heterocycles. The van der Waals surface area contributed by atoms with Gasteiger partial charge in [0.05, 0.1) is 15.6 Å². The van der Waals surface area contributed by atoms with Crippen molar-refractivity contribution >= 4 is 45.9 Å². The number of halogens is 2. The maximum Gasteiger partial charge on any atom is 0.259 e. The Morgan fingerprint density at radius 1 is 1.22 bits per heavy atom. The third-order valence-corrected chi connectivity index (χ3v) is 6.13. The smallest absolute Gasteiger partial charge is 0.259 e. The van der Waals surface area contributed by atoms with E-state index in [9.17, 15) is 4.79 Å². The molecular weight excluding hydrogens is 449 g/mol. The van der Waals surface area contributed by atoms with Crippen LogP contribution in [0, 0.1) is 0 Å². The van der Waals surface area contributed by atoms with Crippen LogP contribution in [-0.2, 0) is 13.5 Å². The van der Waals surface area contributed by atoms with E-state index in [1.807, 2.05) is 18.2 Å². The Bertz CT molecular complexity index is 1400. The highest BCUT2D eigenvalue weighted by molar-refractivity contribution is 6.39. The normalized spacial score (nSPS) is 14.9. The zero-order chi connectivity index (χ0) is 22.4. The standard InChI is InChI=1S/C23H19Cl2N5O2/c1-30-21-13(9-16(22(30)31)20-17(24)3-2-4-18(20)25)11-27-23(29-21)28-14-5-6-19-12(7-14)8-15(10-26)32-19/h2-7,9,11,15H,8,10,26H2,1H3,(H,27,28,29). The SMILES string of the molecule is Cn1c(=O)c(-c2c(Cl)cccc2Cl)cc2cnc(Nc3ccc4c(c3)CC(CN)O4)nc21. The highest BCUT2D eigenvalue weighted by Crippen LogP contribution is 2.34. The van der Waals surface area contributed by atoms with E-state index >= 15 is 0 Å². The average molecular weight is 468 g/mol. The van der Waals surface area contributed by atoms with Crippen molar-refractivity contribution in [2.75, 3.05) is 11.9 Å². The number of nitrogens with one attached hydrogen (secondary N) is 1. The quantitative estimate of drug-likeness (QED) is 0.464. The Morgan fingerprint density at radius 3 is 2.75 bits per heavy atom. The molecule has 0 fully saturated rings. The van der Waals surface area contributed by atoms with Gasteiger partial charge in [-0.2, -0.15) is 4.98 Å². The van der Waals surface area contributed by atoms with Crippen LogP contribution < -0.4 is 21.3 Å². The van der Waals surface area contributed by atoms with Crippen molar-refractivity contribution in [3.8, 4) is 16.9 Å². The Labute approximate surface area is 193 Å². The third-order valence-electron chi connectivity index (χ3n) is 5.50. The zero-order valence-electron chi connectivity index (χ0n) is 17.1. The van der Waals surface area contributed by atoms with Gasteiger partial charge < -0.3 is 15.8 Å². The van der Waals surface area contributed by atoms with Gasteiger partial charge in [-0.25, -0.2) is 4.98 Å². The topological polar surface area (TPSA) is 95.1 Å². The van der Waals surface area contributed by atoms with Gasteiger partial charge in [-0.15, -0.1) is 0 Å². The molecule has 1 unspecified atom stereocenters. The lowest BCUT2D eigenvalue weighted by Crippen LogP contribution is -2.24. The molecule has 5 rings (SSSR count). The van der Waals surface area contributed by atoms with Gasteiger partial charge in [0.15, 0.2) is 0 Å². The van der Waals surface area contributed by atoms with Crippen LogP contribution in [0.4, 0.5) is 11.6 Å². The summed E-state index contributed by atoms with van der Waals surface area (Å²) in [6, 6.07) is 12.7. The highest BCUT2D eigenvalue weighted by Gasteiger charge is 2.22. The molecule has 0 radical (unpaired) electrons. The maximum atomic E-state index is 13.1. The molecule has 4 aromatic rings. The van der Waals surface area contributed by atoms with Crippen molar-refractivity contribution in [1.82, 2.24) is 14.5 Å². The van der Waals surface area contributed by atoms with E-state index in [0.717, 1.165) is 23.4 Å². The fraction of sp³-hybridized carbons (Fsp3) is 0.174. The number of nitrogens with two attached hydrogens (primary N) is 1. The van der Waals surface area contributed by atoms with E-state index in [4.69, 9.17) is 33.7 Å².